The van der Waals surface area contributed by atoms with Crippen molar-refractivity contribution in [3.63, 3.8) is 0 Å². The average Bonchev–Trinajstić information content (AvgIpc) is 2.12. The minimum Gasteiger partial charge on any atom is -0.478 e. The molecular formula is C10H15NO2. The van der Waals surface area contributed by atoms with Gasteiger partial charge in [-0.25, -0.2) is 4.98 Å². The number of ether oxygens (including phenoxy) is 1. The predicted molar refractivity (Wildman–Crippen MR) is 50.8 cm³/mol. The van der Waals surface area contributed by atoms with Crippen molar-refractivity contribution in [1.82, 2.24) is 4.98 Å². The second-order valence-corrected chi connectivity index (χ2v) is 2.94. The second-order valence-electron chi connectivity index (χ2n) is 2.94. The van der Waals surface area contributed by atoms with Crippen molar-refractivity contribution in [2.45, 2.75) is 27.4 Å². The highest BCUT2D eigenvalue weighted by Gasteiger charge is 2.08. The average molecular weight is 181 g/mol. The van der Waals surface area contributed by atoms with Gasteiger partial charge in [-0.3, -0.25) is 0 Å². The molecule has 1 aromatic rings. The summed E-state index contributed by atoms with van der Waals surface area (Å²) in [6.45, 7) is 6.39. The van der Waals surface area contributed by atoms with E-state index in [0.717, 1.165) is 16.7 Å². The smallest absolute Gasteiger partial charge is 0.219 e. The van der Waals surface area contributed by atoms with Crippen molar-refractivity contribution in [3.8, 4) is 5.88 Å². The third-order valence-corrected chi connectivity index (χ3v) is 2.12. The molecule has 0 amide bonds. The maximum atomic E-state index is 9.13. The highest BCUT2D eigenvalue weighted by Crippen LogP contribution is 2.21. The number of pyridine rings is 1. The Labute approximate surface area is 78.4 Å². The topological polar surface area (TPSA) is 42.4 Å². The molecule has 0 bridgehead atoms. The van der Waals surface area contributed by atoms with Gasteiger partial charge in [-0.15, -0.1) is 0 Å². The molecule has 0 aliphatic rings. The van der Waals surface area contributed by atoms with E-state index in [4.69, 9.17) is 9.84 Å². The summed E-state index contributed by atoms with van der Waals surface area (Å²) in [4.78, 5) is 4.12. The summed E-state index contributed by atoms with van der Waals surface area (Å²) >= 11 is 0. The van der Waals surface area contributed by atoms with E-state index in [0.29, 0.717) is 12.5 Å². The first kappa shape index (κ1) is 9.99. The molecule has 0 saturated heterocycles. The van der Waals surface area contributed by atoms with Crippen LogP contribution in [0.25, 0.3) is 0 Å². The molecule has 0 aliphatic heterocycles. The van der Waals surface area contributed by atoms with Gasteiger partial charge in [0.05, 0.1) is 13.2 Å². The minimum absolute atomic E-state index is 0.0180. The number of aliphatic hydroxyl groups is 1. The zero-order valence-electron chi connectivity index (χ0n) is 8.29. The Balaban J connectivity index is 3.13. The van der Waals surface area contributed by atoms with Crippen molar-refractivity contribution < 1.29 is 9.84 Å². The fourth-order valence-electron chi connectivity index (χ4n) is 1.18. The van der Waals surface area contributed by atoms with Gasteiger partial charge in [0.1, 0.15) is 0 Å². The lowest BCUT2D eigenvalue weighted by Gasteiger charge is -2.11. The summed E-state index contributed by atoms with van der Waals surface area (Å²) in [7, 11) is 0. The van der Waals surface area contributed by atoms with E-state index in [1.165, 1.54) is 0 Å². The van der Waals surface area contributed by atoms with Gasteiger partial charge in [0, 0.05) is 11.8 Å². The summed E-state index contributed by atoms with van der Waals surface area (Å²) in [5, 5.41) is 9.13. The summed E-state index contributed by atoms with van der Waals surface area (Å²) < 4.78 is 5.29. The van der Waals surface area contributed by atoms with Crippen LogP contribution in [-0.4, -0.2) is 16.7 Å². The van der Waals surface area contributed by atoms with Crippen LogP contribution in [0.2, 0.25) is 0 Å². The molecule has 0 saturated carbocycles. The molecule has 13 heavy (non-hydrogen) atoms. The van der Waals surface area contributed by atoms with Gasteiger partial charge in [-0.2, -0.15) is 0 Å². The van der Waals surface area contributed by atoms with Crippen LogP contribution in [0.1, 0.15) is 23.6 Å². The van der Waals surface area contributed by atoms with Gasteiger partial charge < -0.3 is 9.84 Å². The summed E-state index contributed by atoms with van der Waals surface area (Å²) in [5.74, 6) is 0.549. The number of nitrogens with zero attached hydrogens (tertiary/aromatic N) is 1. The molecule has 72 valence electrons. The monoisotopic (exact) mass is 181 g/mol. The van der Waals surface area contributed by atoms with Crippen molar-refractivity contribution in [3.05, 3.63) is 22.9 Å². The van der Waals surface area contributed by atoms with Gasteiger partial charge in [0.25, 0.3) is 0 Å². The Hall–Kier alpha value is -1.09. The molecule has 1 rings (SSSR count). The first-order valence-corrected chi connectivity index (χ1v) is 4.39. The normalized spacial score (nSPS) is 10.2. The molecular weight excluding hydrogens is 166 g/mol. The molecule has 3 heteroatoms. The van der Waals surface area contributed by atoms with Gasteiger partial charge in [-0.1, -0.05) is 0 Å². The van der Waals surface area contributed by atoms with Crippen molar-refractivity contribution in [2.24, 2.45) is 0 Å². The van der Waals surface area contributed by atoms with Gasteiger partial charge >= 0.3 is 0 Å². The molecule has 1 N–H and O–H groups in total. The van der Waals surface area contributed by atoms with E-state index >= 15 is 0 Å². The maximum Gasteiger partial charge on any atom is 0.219 e. The number of aromatic nitrogens is 1. The van der Waals surface area contributed by atoms with E-state index < -0.39 is 0 Å². The molecule has 0 fully saturated rings. The first-order valence-electron chi connectivity index (χ1n) is 4.39. The van der Waals surface area contributed by atoms with Crippen LogP contribution in [0.5, 0.6) is 5.88 Å². The molecule has 0 atom stereocenters. The fraction of sp³-hybridized carbons (Fsp3) is 0.500. The van der Waals surface area contributed by atoms with Gasteiger partial charge in [0.15, 0.2) is 0 Å². The standard InChI is InChI=1S/C10H15NO2/c1-4-13-10-9(6-12)8(3)7(2)5-11-10/h5,12H,4,6H2,1-3H3. The van der Waals surface area contributed by atoms with E-state index in [2.05, 4.69) is 4.98 Å². The number of hydrogen-bond acceptors (Lipinski definition) is 3. The molecule has 0 aliphatic carbocycles. The van der Waals surface area contributed by atoms with Crippen molar-refractivity contribution >= 4 is 0 Å². The van der Waals surface area contributed by atoms with Gasteiger partial charge in [-0.05, 0) is 31.9 Å². The van der Waals surface area contributed by atoms with Crippen LogP contribution < -0.4 is 4.74 Å². The molecule has 0 spiro atoms. The Bertz CT molecular complexity index is 297. The van der Waals surface area contributed by atoms with Crippen LogP contribution >= 0.6 is 0 Å². The fourth-order valence-corrected chi connectivity index (χ4v) is 1.18. The lowest BCUT2D eigenvalue weighted by Crippen LogP contribution is -2.02. The molecule has 1 aromatic heterocycles. The number of hydrogen-bond donors (Lipinski definition) is 1. The Morgan fingerprint density at radius 2 is 2.15 bits per heavy atom. The Kier molecular flexibility index (Phi) is 3.25. The highest BCUT2D eigenvalue weighted by molar-refractivity contribution is 5.37. The van der Waals surface area contributed by atoms with E-state index in [1.54, 1.807) is 6.20 Å². The van der Waals surface area contributed by atoms with Crippen molar-refractivity contribution in [1.29, 1.82) is 0 Å². The number of aryl methyl sites for hydroxylation is 1. The highest BCUT2D eigenvalue weighted by atomic mass is 16.5. The molecule has 0 unspecified atom stereocenters. The largest absolute Gasteiger partial charge is 0.478 e. The zero-order chi connectivity index (χ0) is 9.84. The van der Waals surface area contributed by atoms with Crippen LogP contribution in [0.4, 0.5) is 0 Å². The lowest BCUT2D eigenvalue weighted by atomic mass is 10.1. The quantitative estimate of drug-likeness (QED) is 0.770. The molecule has 0 radical (unpaired) electrons. The van der Waals surface area contributed by atoms with Crippen molar-refractivity contribution in [2.75, 3.05) is 6.61 Å². The third kappa shape index (κ3) is 1.98. The molecule has 0 aromatic carbocycles. The SMILES string of the molecule is CCOc1ncc(C)c(C)c1CO. The minimum atomic E-state index is -0.0180. The summed E-state index contributed by atoms with van der Waals surface area (Å²) in [6, 6.07) is 0. The lowest BCUT2D eigenvalue weighted by molar-refractivity contribution is 0.261. The summed E-state index contributed by atoms with van der Waals surface area (Å²) in [5.41, 5.74) is 2.93. The van der Waals surface area contributed by atoms with Gasteiger partial charge in [0.2, 0.25) is 5.88 Å². The van der Waals surface area contributed by atoms with E-state index in [9.17, 15) is 0 Å². The predicted octanol–water partition coefficient (Wildman–Crippen LogP) is 1.59. The Morgan fingerprint density at radius 1 is 1.46 bits per heavy atom. The van der Waals surface area contributed by atoms with Crippen LogP contribution in [0.3, 0.4) is 0 Å². The van der Waals surface area contributed by atoms with Crippen LogP contribution in [-0.2, 0) is 6.61 Å². The molecule has 3 nitrogen and oxygen atoms in total. The number of rotatable bonds is 3. The third-order valence-electron chi connectivity index (χ3n) is 2.12. The first-order chi connectivity index (χ1) is 6.20. The second kappa shape index (κ2) is 4.23. The van der Waals surface area contributed by atoms with E-state index in [-0.39, 0.29) is 6.61 Å². The van der Waals surface area contributed by atoms with E-state index in [1.807, 2.05) is 20.8 Å². The maximum absolute atomic E-state index is 9.13. The number of aliphatic hydroxyl groups excluding tert-OH is 1. The summed E-state index contributed by atoms with van der Waals surface area (Å²) in [6.07, 6.45) is 1.76. The zero-order valence-corrected chi connectivity index (χ0v) is 8.29. The molecule has 1 heterocycles. The Morgan fingerprint density at radius 3 is 2.69 bits per heavy atom. The van der Waals surface area contributed by atoms with Crippen LogP contribution in [0, 0.1) is 13.8 Å². The van der Waals surface area contributed by atoms with Crippen LogP contribution in [0.15, 0.2) is 6.20 Å².